The van der Waals surface area contributed by atoms with Gasteiger partial charge in [-0.1, -0.05) is 13.8 Å². The molecular weight excluding hydrogens is 470 g/mol. The zero-order valence-electron chi connectivity index (χ0n) is 22.5. The Hall–Kier alpha value is -2.94. The number of amides is 3. The number of benzene rings is 1. The molecule has 3 amide bonds. The molecule has 0 bridgehead atoms. The molecule has 37 heavy (non-hydrogen) atoms. The van der Waals surface area contributed by atoms with Gasteiger partial charge in [0.25, 0.3) is 5.91 Å². The van der Waals surface area contributed by atoms with E-state index in [4.69, 9.17) is 0 Å². The fourth-order valence-electron chi connectivity index (χ4n) is 5.89. The summed E-state index contributed by atoms with van der Waals surface area (Å²) in [6, 6.07) is 5.62. The number of nitrogens with one attached hydrogen (secondary N) is 2. The fourth-order valence-corrected chi connectivity index (χ4v) is 5.89. The highest BCUT2D eigenvalue weighted by molar-refractivity contribution is 6.01. The third kappa shape index (κ3) is 6.14. The van der Waals surface area contributed by atoms with Crippen LogP contribution in [0.25, 0.3) is 0 Å². The van der Waals surface area contributed by atoms with Crippen molar-refractivity contribution in [3.8, 4) is 0 Å². The van der Waals surface area contributed by atoms with Crippen LogP contribution in [0.4, 0.5) is 5.69 Å². The molecule has 202 valence electrons. The van der Waals surface area contributed by atoms with Crippen LogP contribution < -0.4 is 15.5 Å². The van der Waals surface area contributed by atoms with Gasteiger partial charge in [-0.2, -0.15) is 0 Å². The predicted octanol–water partition coefficient (Wildman–Crippen LogP) is 1.67. The van der Waals surface area contributed by atoms with Crippen LogP contribution in [0.15, 0.2) is 24.3 Å². The lowest BCUT2D eigenvalue weighted by Gasteiger charge is -2.29. The predicted molar refractivity (Wildman–Crippen MR) is 142 cm³/mol. The van der Waals surface area contributed by atoms with Crippen molar-refractivity contribution < 1.29 is 19.2 Å². The van der Waals surface area contributed by atoms with Crippen LogP contribution in [0.2, 0.25) is 0 Å². The molecule has 0 spiro atoms. The molecule has 0 radical (unpaired) electrons. The average Bonchev–Trinajstić information content (AvgIpc) is 3.45. The molecule has 1 aromatic rings. The second-order valence-electron chi connectivity index (χ2n) is 11.3. The standard InChI is InChI=1S/C28H41N5O4/c1-18(2)15-22(30-27(36)20-5-7-21(8-6-20)31(3)4)28(37)32-14-11-23-26(32)24(34)17-33(23)25(35)16-19-9-12-29-13-10-19/h5-8,18-19,22-23,26,29H,9-17H2,1-4H3,(H,30,36)/t22-,23?,26?/m0/s1. The number of likely N-dealkylation sites (tertiary alicyclic amines) is 2. The Balaban J connectivity index is 1.43. The number of fused-ring (bicyclic) bond motifs is 1. The summed E-state index contributed by atoms with van der Waals surface area (Å²) in [4.78, 5) is 58.2. The van der Waals surface area contributed by atoms with E-state index in [2.05, 4.69) is 10.6 Å². The number of carbonyl (C=O) groups is 4. The SMILES string of the molecule is CC(C)C[C@H](NC(=O)c1ccc(N(C)C)cc1)C(=O)N1CCC2C1C(=O)CN2C(=O)CC1CCNCC1. The van der Waals surface area contributed by atoms with E-state index in [1.807, 2.05) is 45.0 Å². The summed E-state index contributed by atoms with van der Waals surface area (Å²) in [5.41, 5.74) is 1.46. The Bertz CT molecular complexity index is 1000. The monoisotopic (exact) mass is 511 g/mol. The van der Waals surface area contributed by atoms with Crippen molar-refractivity contribution in [1.29, 1.82) is 0 Å². The van der Waals surface area contributed by atoms with Gasteiger partial charge in [0.15, 0.2) is 5.78 Å². The van der Waals surface area contributed by atoms with Crippen LogP contribution in [-0.2, 0) is 14.4 Å². The van der Waals surface area contributed by atoms with E-state index >= 15 is 0 Å². The van der Waals surface area contributed by atoms with Crippen molar-refractivity contribution in [3.05, 3.63) is 29.8 Å². The van der Waals surface area contributed by atoms with E-state index in [0.717, 1.165) is 31.6 Å². The number of hydrogen-bond donors (Lipinski definition) is 2. The van der Waals surface area contributed by atoms with E-state index in [1.54, 1.807) is 21.9 Å². The summed E-state index contributed by atoms with van der Waals surface area (Å²) in [5.74, 6) is -0.0822. The fraction of sp³-hybridized carbons (Fsp3) is 0.643. The third-order valence-corrected chi connectivity index (χ3v) is 7.90. The molecule has 2 unspecified atom stereocenters. The van der Waals surface area contributed by atoms with Crippen molar-refractivity contribution in [3.63, 3.8) is 0 Å². The Kier molecular flexibility index (Phi) is 8.52. The van der Waals surface area contributed by atoms with Crippen molar-refractivity contribution in [2.24, 2.45) is 11.8 Å². The number of nitrogens with zero attached hydrogens (tertiary/aromatic N) is 3. The summed E-state index contributed by atoms with van der Waals surface area (Å²) in [7, 11) is 3.87. The largest absolute Gasteiger partial charge is 0.378 e. The molecule has 0 aromatic heterocycles. The molecule has 1 aromatic carbocycles. The summed E-state index contributed by atoms with van der Waals surface area (Å²) in [6.07, 6.45) is 3.47. The molecule has 4 rings (SSSR count). The number of Topliss-reactive ketones (excluding diaryl/α,β-unsaturated/α-hetero) is 1. The first kappa shape index (κ1) is 27.1. The highest BCUT2D eigenvalue weighted by Gasteiger charge is 2.52. The Morgan fingerprint density at radius 2 is 1.73 bits per heavy atom. The first-order valence-electron chi connectivity index (χ1n) is 13.6. The van der Waals surface area contributed by atoms with Gasteiger partial charge in [0.1, 0.15) is 12.1 Å². The first-order valence-corrected chi connectivity index (χ1v) is 13.6. The summed E-state index contributed by atoms with van der Waals surface area (Å²) in [6.45, 7) is 6.35. The molecule has 3 aliphatic heterocycles. The molecular formula is C28H41N5O4. The van der Waals surface area contributed by atoms with E-state index in [0.29, 0.717) is 37.3 Å². The third-order valence-electron chi connectivity index (χ3n) is 7.90. The molecule has 3 fully saturated rings. The highest BCUT2D eigenvalue weighted by Crippen LogP contribution is 2.32. The van der Waals surface area contributed by atoms with Crippen LogP contribution in [0.3, 0.4) is 0 Å². The van der Waals surface area contributed by atoms with Gasteiger partial charge < -0.3 is 25.3 Å². The number of hydrogen-bond acceptors (Lipinski definition) is 6. The van der Waals surface area contributed by atoms with Crippen LogP contribution in [-0.4, -0.2) is 91.7 Å². The summed E-state index contributed by atoms with van der Waals surface area (Å²) >= 11 is 0. The molecule has 3 saturated heterocycles. The molecule has 0 saturated carbocycles. The zero-order valence-corrected chi connectivity index (χ0v) is 22.5. The van der Waals surface area contributed by atoms with Crippen molar-refractivity contribution in [2.75, 3.05) is 45.2 Å². The van der Waals surface area contributed by atoms with Crippen molar-refractivity contribution in [1.82, 2.24) is 20.4 Å². The summed E-state index contributed by atoms with van der Waals surface area (Å²) in [5, 5.41) is 6.25. The van der Waals surface area contributed by atoms with Crippen molar-refractivity contribution >= 4 is 29.2 Å². The number of anilines is 1. The minimum Gasteiger partial charge on any atom is -0.378 e. The van der Waals surface area contributed by atoms with Gasteiger partial charge in [-0.3, -0.25) is 19.2 Å². The summed E-state index contributed by atoms with van der Waals surface area (Å²) < 4.78 is 0. The topological polar surface area (TPSA) is 102 Å². The van der Waals surface area contributed by atoms with Gasteiger partial charge >= 0.3 is 0 Å². The van der Waals surface area contributed by atoms with E-state index < -0.39 is 12.1 Å². The van der Waals surface area contributed by atoms with Gasteiger partial charge in [-0.25, -0.2) is 0 Å². The molecule has 3 heterocycles. The van der Waals surface area contributed by atoms with E-state index in [9.17, 15) is 19.2 Å². The quantitative estimate of drug-likeness (QED) is 0.551. The Morgan fingerprint density at radius 3 is 2.35 bits per heavy atom. The molecule has 3 aliphatic rings. The second-order valence-corrected chi connectivity index (χ2v) is 11.3. The Morgan fingerprint density at radius 1 is 1.05 bits per heavy atom. The maximum Gasteiger partial charge on any atom is 0.251 e. The number of ketones is 1. The van der Waals surface area contributed by atoms with Gasteiger partial charge in [-0.15, -0.1) is 0 Å². The van der Waals surface area contributed by atoms with Crippen LogP contribution in [0.5, 0.6) is 0 Å². The smallest absolute Gasteiger partial charge is 0.251 e. The lowest BCUT2D eigenvalue weighted by Crippen LogP contribution is -2.53. The zero-order chi connectivity index (χ0) is 26.7. The lowest BCUT2D eigenvalue weighted by atomic mass is 9.94. The first-order chi connectivity index (χ1) is 17.7. The van der Waals surface area contributed by atoms with E-state index in [1.165, 1.54) is 0 Å². The maximum absolute atomic E-state index is 13.7. The maximum atomic E-state index is 13.7. The molecule has 2 N–H and O–H groups in total. The lowest BCUT2D eigenvalue weighted by molar-refractivity contribution is -0.138. The van der Waals surface area contributed by atoms with Gasteiger partial charge in [0.05, 0.1) is 12.6 Å². The van der Waals surface area contributed by atoms with Crippen LogP contribution >= 0.6 is 0 Å². The molecule has 9 heteroatoms. The number of carbonyl (C=O) groups excluding carboxylic acids is 4. The minimum absolute atomic E-state index is 0.0234. The second kappa shape index (κ2) is 11.6. The van der Waals surface area contributed by atoms with Crippen molar-refractivity contribution in [2.45, 2.75) is 64.1 Å². The molecule has 3 atom stereocenters. The Labute approximate surface area is 219 Å². The molecule has 9 nitrogen and oxygen atoms in total. The van der Waals surface area contributed by atoms with Crippen LogP contribution in [0.1, 0.15) is 56.3 Å². The normalized spacial score (nSPS) is 22.8. The van der Waals surface area contributed by atoms with Gasteiger partial charge in [0, 0.05) is 38.3 Å². The number of rotatable bonds is 8. The average molecular weight is 512 g/mol. The van der Waals surface area contributed by atoms with Gasteiger partial charge in [-0.05, 0) is 74.9 Å². The minimum atomic E-state index is -0.730. The van der Waals surface area contributed by atoms with Gasteiger partial charge in [0.2, 0.25) is 11.8 Å². The molecule has 0 aliphatic carbocycles. The van der Waals surface area contributed by atoms with Crippen LogP contribution in [0, 0.1) is 11.8 Å². The highest BCUT2D eigenvalue weighted by atomic mass is 16.2. The number of piperidine rings is 1. The van der Waals surface area contributed by atoms with E-state index in [-0.39, 0.29) is 42.0 Å².